The molecule has 0 radical (unpaired) electrons. The van der Waals surface area contributed by atoms with Gasteiger partial charge in [0.05, 0.1) is 5.56 Å². The summed E-state index contributed by atoms with van der Waals surface area (Å²) in [4.78, 5) is 15.2. The van der Waals surface area contributed by atoms with Gasteiger partial charge in [0.15, 0.2) is 0 Å². The summed E-state index contributed by atoms with van der Waals surface area (Å²) in [7, 11) is 0. The summed E-state index contributed by atoms with van der Waals surface area (Å²) in [5, 5.41) is 4.88. The number of rotatable bonds is 4. The van der Waals surface area contributed by atoms with E-state index in [-0.39, 0.29) is 5.78 Å². The van der Waals surface area contributed by atoms with Gasteiger partial charge >= 0.3 is 0 Å². The first-order valence-corrected chi connectivity index (χ1v) is 6.02. The van der Waals surface area contributed by atoms with Crippen LogP contribution in [0, 0.1) is 0 Å². The number of fused-ring (bicyclic) bond motifs is 1. The predicted octanol–water partition coefficient (Wildman–Crippen LogP) is 3.00. The number of furan rings is 1. The predicted molar refractivity (Wildman–Crippen MR) is 68.5 cm³/mol. The van der Waals surface area contributed by atoms with Crippen molar-refractivity contribution in [3.05, 3.63) is 36.4 Å². The highest BCUT2D eigenvalue weighted by molar-refractivity contribution is 5.91. The van der Waals surface area contributed by atoms with Crippen LogP contribution in [0.1, 0.15) is 19.2 Å². The highest BCUT2D eigenvalue weighted by atomic mass is 16.5. The fraction of sp³-hybridized carbons (Fsp3) is 0.214. The molecule has 0 saturated heterocycles. The van der Waals surface area contributed by atoms with E-state index in [1.165, 1.54) is 0 Å². The van der Waals surface area contributed by atoms with Gasteiger partial charge in [0, 0.05) is 18.2 Å². The molecule has 2 heterocycles. The average molecular weight is 256 g/mol. The topological polar surface area (TPSA) is 69.1 Å². The number of aromatic nitrogens is 2. The highest BCUT2D eigenvalue weighted by Crippen LogP contribution is 2.28. The number of carbonyl (C=O) groups is 1. The largest absolute Gasteiger partial charge is 0.464 e. The lowest BCUT2D eigenvalue weighted by atomic mass is 10.2. The van der Waals surface area contributed by atoms with E-state index in [4.69, 9.17) is 8.94 Å². The Morgan fingerprint density at radius 1 is 1.32 bits per heavy atom. The van der Waals surface area contributed by atoms with E-state index in [9.17, 15) is 4.79 Å². The summed E-state index contributed by atoms with van der Waals surface area (Å²) in [5.41, 5.74) is 1.58. The van der Waals surface area contributed by atoms with Crippen molar-refractivity contribution in [2.45, 2.75) is 19.8 Å². The molecule has 0 bridgehead atoms. The van der Waals surface area contributed by atoms with E-state index in [2.05, 4.69) is 10.1 Å². The van der Waals surface area contributed by atoms with Gasteiger partial charge in [-0.05, 0) is 13.0 Å². The van der Waals surface area contributed by atoms with Crippen molar-refractivity contribution in [1.29, 1.82) is 0 Å². The third-order valence-corrected chi connectivity index (χ3v) is 2.88. The molecular weight excluding hydrogens is 244 g/mol. The van der Waals surface area contributed by atoms with Crippen molar-refractivity contribution < 1.29 is 13.7 Å². The Labute approximate surface area is 109 Å². The number of para-hydroxylation sites is 1. The molecule has 0 aliphatic rings. The van der Waals surface area contributed by atoms with Crippen LogP contribution in [0.5, 0.6) is 0 Å². The van der Waals surface area contributed by atoms with E-state index in [1.54, 1.807) is 13.2 Å². The molecule has 0 amide bonds. The first kappa shape index (κ1) is 11.6. The Morgan fingerprint density at radius 2 is 2.16 bits per heavy atom. The molecule has 3 aromatic rings. The number of aryl methyl sites for hydroxylation is 1. The maximum Gasteiger partial charge on any atom is 0.227 e. The summed E-state index contributed by atoms with van der Waals surface area (Å²) in [5.74, 6) is 1.06. The fourth-order valence-electron chi connectivity index (χ4n) is 1.90. The molecule has 0 N–H and O–H groups in total. The molecule has 0 atom stereocenters. The van der Waals surface area contributed by atoms with Gasteiger partial charge < -0.3 is 13.7 Å². The van der Waals surface area contributed by atoms with E-state index in [1.807, 2.05) is 24.3 Å². The Morgan fingerprint density at radius 3 is 3.00 bits per heavy atom. The molecular formula is C14H12N2O3. The van der Waals surface area contributed by atoms with Crippen LogP contribution in [0.2, 0.25) is 0 Å². The third kappa shape index (κ3) is 2.27. The van der Waals surface area contributed by atoms with Gasteiger partial charge in [-0.15, -0.1) is 0 Å². The third-order valence-electron chi connectivity index (χ3n) is 2.88. The van der Waals surface area contributed by atoms with Gasteiger partial charge in [0.2, 0.25) is 11.7 Å². The molecule has 0 spiro atoms. The fourth-order valence-corrected chi connectivity index (χ4v) is 1.90. The van der Waals surface area contributed by atoms with Crippen LogP contribution in [-0.4, -0.2) is 15.9 Å². The van der Waals surface area contributed by atoms with Crippen LogP contribution >= 0.6 is 0 Å². The maximum absolute atomic E-state index is 10.9. The van der Waals surface area contributed by atoms with Gasteiger partial charge in [0.1, 0.15) is 17.6 Å². The summed E-state index contributed by atoms with van der Waals surface area (Å²) in [6.07, 6.45) is 2.50. The molecule has 2 aromatic heterocycles. The molecule has 1 aromatic carbocycles. The molecule has 0 aliphatic carbocycles. The molecule has 5 heteroatoms. The van der Waals surface area contributed by atoms with Gasteiger partial charge in [0.25, 0.3) is 0 Å². The van der Waals surface area contributed by atoms with E-state index < -0.39 is 0 Å². The Hall–Kier alpha value is -2.43. The van der Waals surface area contributed by atoms with Gasteiger partial charge in [-0.2, -0.15) is 4.98 Å². The number of ketones is 1. The second-order valence-corrected chi connectivity index (χ2v) is 4.36. The Kier molecular flexibility index (Phi) is 2.87. The highest BCUT2D eigenvalue weighted by Gasteiger charge is 2.14. The lowest BCUT2D eigenvalue weighted by Gasteiger charge is -1.89. The maximum atomic E-state index is 10.9. The number of Topliss-reactive ketones (excluding diaryl/α,β-unsaturated/α-hetero) is 1. The van der Waals surface area contributed by atoms with Crippen molar-refractivity contribution in [2.75, 3.05) is 0 Å². The minimum Gasteiger partial charge on any atom is -0.464 e. The summed E-state index contributed by atoms with van der Waals surface area (Å²) in [6, 6.07) is 7.66. The number of nitrogens with zero attached hydrogens (tertiary/aromatic N) is 2. The first-order valence-electron chi connectivity index (χ1n) is 6.02. The molecule has 0 fully saturated rings. The molecule has 3 rings (SSSR count). The molecule has 19 heavy (non-hydrogen) atoms. The first-order chi connectivity index (χ1) is 9.24. The summed E-state index contributed by atoms with van der Waals surface area (Å²) < 4.78 is 10.6. The minimum absolute atomic E-state index is 0.105. The van der Waals surface area contributed by atoms with Crippen LogP contribution < -0.4 is 0 Å². The normalized spacial score (nSPS) is 11.0. The van der Waals surface area contributed by atoms with Crippen LogP contribution in [0.15, 0.2) is 39.5 Å². The van der Waals surface area contributed by atoms with Crippen LogP contribution in [0.4, 0.5) is 0 Å². The zero-order valence-corrected chi connectivity index (χ0v) is 10.4. The smallest absolute Gasteiger partial charge is 0.227 e. The summed E-state index contributed by atoms with van der Waals surface area (Å²) >= 11 is 0. The summed E-state index contributed by atoms with van der Waals surface area (Å²) in [6.45, 7) is 1.54. The van der Waals surface area contributed by atoms with Crippen molar-refractivity contribution in [3.8, 4) is 11.4 Å². The number of carbonyl (C=O) groups excluding carboxylic acids is 1. The van der Waals surface area contributed by atoms with Gasteiger partial charge in [-0.1, -0.05) is 23.4 Å². The van der Waals surface area contributed by atoms with E-state index in [0.29, 0.717) is 24.6 Å². The SMILES string of the molecule is CC(=O)CCc1nc(-c2coc3ccccc23)no1. The Balaban J connectivity index is 1.92. The zero-order chi connectivity index (χ0) is 13.2. The monoisotopic (exact) mass is 256 g/mol. The van der Waals surface area contributed by atoms with E-state index >= 15 is 0 Å². The molecule has 5 nitrogen and oxygen atoms in total. The number of hydrogen-bond donors (Lipinski definition) is 0. The minimum atomic E-state index is 0.105. The molecule has 96 valence electrons. The Bertz CT molecular complexity index is 727. The van der Waals surface area contributed by atoms with Crippen molar-refractivity contribution in [3.63, 3.8) is 0 Å². The quantitative estimate of drug-likeness (QED) is 0.717. The second kappa shape index (κ2) is 4.68. The number of hydrogen-bond acceptors (Lipinski definition) is 5. The standard InChI is InChI=1S/C14H12N2O3/c1-9(17)6-7-13-15-14(16-19-13)11-8-18-12-5-3-2-4-10(11)12/h2-5,8H,6-7H2,1H3. The lowest BCUT2D eigenvalue weighted by molar-refractivity contribution is -0.117. The van der Waals surface area contributed by atoms with Crippen molar-refractivity contribution in [1.82, 2.24) is 10.1 Å². The van der Waals surface area contributed by atoms with Crippen LogP contribution in [0.3, 0.4) is 0 Å². The lowest BCUT2D eigenvalue weighted by Crippen LogP contribution is -1.93. The van der Waals surface area contributed by atoms with Crippen molar-refractivity contribution in [2.24, 2.45) is 0 Å². The van der Waals surface area contributed by atoms with E-state index in [0.717, 1.165) is 16.5 Å². The molecule has 0 saturated carbocycles. The average Bonchev–Trinajstić information content (AvgIpc) is 3.02. The molecule has 0 aliphatic heterocycles. The van der Waals surface area contributed by atoms with Crippen LogP contribution in [0.25, 0.3) is 22.4 Å². The van der Waals surface area contributed by atoms with Gasteiger partial charge in [-0.3, -0.25) is 0 Å². The van der Waals surface area contributed by atoms with Crippen LogP contribution in [-0.2, 0) is 11.2 Å². The van der Waals surface area contributed by atoms with Crippen molar-refractivity contribution >= 4 is 16.8 Å². The molecule has 0 unspecified atom stereocenters. The zero-order valence-electron chi connectivity index (χ0n) is 10.4. The number of benzene rings is 1. The van der Waals surface area contributed by atoms with Gasteiger partial charge in [-0.25, -0.2) is 0 Å². The second-order valence-electron chi connectivity index (χ2n) is 4.36.